The molecule has 0 atom stereocenters. The first-order chi connectivity index (χ1) is 14.6. The minimum absolute atomic E-state index is 0.102. The Balaban J connectivity index is 1.22. The third-order valence-electron chi connectivity index (χ3n) is 6.27. The maximum absolute atomic E-state index is 12.8. The van der Waals surface area contributed by atoms with Gasteiger partial charge in [0.2, 0.25) is 5.91 Å². The Morgan fingerprint density at radius 3 is 2.23 bits per heavy atom. The van der Waals surface area contributed by atoms with Crippen LogP contribution in [0.3, 0.4) is 0 Å². The summed E-state index contributed by atoms with van der Waals surface area (Å²) < 4.78 is 0. The van der Waals surface area contributed by atoms with Crippen molar-refractivity contribution in [2.45, 2.75) is 26.2 Å². The van der Waals surface area contributed by atoms with E-state index in [1.54, 1.807) is 0 Å². The van der Waals surface area contributed by atoms with Crippen molar-refractivity contribution in [3.63, 3.8) is 0 Å². The average molecular weight is 407 g/mol. The van der Waals surface area contributed by atoms with Crippen molar-refractivity contribution >= 4 is 17.6 Å². The summed E-state index contributed by atoms with van der Waals surface area (Å²) in [6.07, 6.45) is 4.20. The van der Waals surface area contributed by atoms with Crippen LogP contribution in [0.1, 0.15) is 35.2 Å². The molecule has 2 aromatic rings. The molecule has 2 saturated heterocycles. The van der Waals surface area contributed by atoms with Crippen LogP contribution in [0.5, 0.6) is 0 Å². The molecular formula is C24H30N4O2. The Kier molecular flexibility index (Phi) is 6.31. The van der Waals surface area contributed by atoms with Gasteiger partial charge in [-0.25, -0.2) is 4.98 Å². The number of hydrogen-bond donors (Lipinski definition) is 0. The second-order valence-electron chi connectivity index (χ2n) is 8.36. The maximum Gasteiger partial charge on any atom is 0.253 e. The van der Waals surface area contributed by atoms with Crippen molar-refractivity contribution in [1.82, 2.24) is 14.8 Å². The number of likely N-dealkylation sites (tertiary alicyclic amines) is 1. The highest BCUT2D eigenvalue weighted by Gasteiger charge is 2.28. The van der Waals surface area contributed by atoms with Gasteiger partial charge in [0.15, 0.2) is 0 Å². The number of anilines is 1. The van der Waals surface area contributed by atoms with Crippen LogP contribution in [-0.4, -0.2) is 65.9 Å². The van der Waals surface area contributed by atoms with Crippen molar-refractivity contribution in [1.29, 1.82) is 0 Å². The van der Waals surface area contributed by atoms with Crippen molar-refractivity contribution in [2.75, 3.05) is 44.2 Å². The van der Waals surface area contributed by atoms with Crippen molar-refractivity contribution in [2.24, 2.45) is 5.92 Å². The van der Waals surface area contributed by atoms with Gasteiger partial charge in [-0.1, -0.05) is 23.8 Å². The monoisotopic (exact) mass is 406 g/mol. The van der Waals surface area contributed by atoms with Gasteiger partial charge in [0.1, 0.15) is 5.82 Å². The fourth-order valence-electron chi connectivity index (χ4n) is 4.32. The lowest BCUT2D eigenvalue weighted by Crippen LogP contribution is -2.49. The molecule has 0 saturated carbocycles. The van der Waals surface area contributed by atoms with Gasteiger partial charge in [0.05, 0.1) is 0 Å². The fourth-order valence-corrected chi connectivity index (χ4v) is 4.32. The van der Waals surface area contributed by atoms with E-state index < -0.39 is 0 Å². The van der Waals surface area contributed by atoms with Gasteiger partial charge in [0.25, 0.3) is 5.91 Å². The van der Waals surface area contributed by atoms with Crippen LogP contribution in [-0.2, 0) is 4.79 Å². The van der Waals surface area contributed by atoms with Crippen LogP contribution in [0.25, 0.3) is 0 Å². The van der Waals surface area contributed by atoms with Crippen LogP contribution in [0, 0.1) is 12.8 Å². The number of benzene rings is 1. The zero-order valence-corrected chi connectivity index (χ0v) is 17.7. The van der Waals surface area contributed by atoms with Gasteiger partial charge in [-0.2, -0.15) is 0 Å². The first kappa shape index (κ1) is 20.4. The zero-order chi connectivity index (χ0) is 20.9. The van der Waals surface area contributed by atoms with Crippen LogP contribution in [0.2, 0.25) is 0 Å². The Hall–Kier alpha value is -2.89. The van der Waals surface area contributed by atoms with Crippen molar-refractivity contribution < 1.29 is 9.59 Å². The molecule has 6 heteroatoms. The lowest BCUT2D eigenvalue weighted by Gasteiger charge is -2.37. The molecule has 0 bridgehead atoms. The van der Waals surface area contributed by atoms with Crippen LogP contribution in [0.4, 0.5) is 5.82 Å². The van der Waals surface area contributed by atoms with E-state index in [2.05, 4.69) is 9.88 Å². The van der Waals surface area contributed by atoms with E-state index >= 15 is 0 Å². The van der Waals surface area contributed by atoms with E-state index in [0.29, 0.717) is 12.3 Å². The highest BCUT2D eigenvalue weighted by Crippen LogP contribution is 2.23. The molecule has 6 nitrogen and oxygen atoms in total. The van der Waals surface area contributed by atoms with Gasteiger partial charge < -0.3 is 14.7 Å². The van der Waals surface area contributed by atoms with Gasteiger partial charge in [-0.3, -0.25) is 9.59 Å². The highest BCUT2D eigenvalue weighted by atomic mass is 16.2. The molecule has 30 heavy (non-hydrogen) atoms. The molecule has 1 aromatic carbocycles. The third kappa shape index (κ3) is 4.81. The number of piperidine rings is 1. The first-order valence-corrected chi connectivity index (χ1v) is 10.9. The summed E-state index contributed by atoms with van der Waals surface area (Å²) in [5.41, 5.74) is 1.91. The Bertz CT molecular complexity index is 853. The molecule has 2 aliphatic rings. The van der Waals surface area contributed by atoms with Gasteiger partial charge in [-0.15, -0.1) is 0 Å². The molecule has 0 unspecified atom stereocenters. The Morgan fingerprint density at radius 1 is 0.900 bits per heavy atom. The number of carbonyl (C=O) groups excluding carboxylic acids is 2. The number of carbonyl (C=O) groups is 2. The van der Waals surface area contributed by atoms with Gasteiger partial charge in [-0.05, 0) is 49.9 Å². The van der Waals surface area contributed by atoms with Crippen LogP contribution in [0.15, 0.2) is 48.7 Å². The highest BCUT2D eigenvalue weighted by molar-refractivity contribution is 5.94. The smallest absolute Gasteiger partial charge is 0.253 e. The normalized spacial score (nSPS) is 17.8. The number of aryl methyl sites for hydroxylation is 1. The van der Waals surface area contributed by atoms with Gasteiger partial charge >= 0.3 is 0 Å². The lowest BCUT2D eigenvalue weighted by molar-refractivity contribution is -0.132. The minimum Gasteiger partial charge on any atom is -0.353 e. The summed E-state index contributed by atoms with van der Waals surface area (Å²) in [4.78, 5) is 36.0. The number of piperazine rings is 1. The predicted octanol–water partition coefficient (Wildman–Crippen LogP) is 2.98. The second kappa shape index (κ2) is 9.28. The van der Waals surface area contributed by atoms with E-state index in [-0.39, 0.29) is 11.8 Å². The molecule has 4 rings (SSSR count). The second-order valence-corrected chi connectivity index (χ2v) is 8.36. The molecule has 2 amide bonds. The molecule has 158 valence electrons. The fraction of sp³-hybridized carbons (Fsp3) is 0.458. The molecule has 0 N–H and O–H groups in total. The molecule has 1 aromatic heterocycles. The molecular weight excluding hydrogens is 376 g/mol. The Morgan fingerprint density at radius 2 is 1.60 bits per heavy atom. The average Bonchev–Trinajstić information content (AvgIpc) is 2.80. The van der Waals surface area contributed by atoms with E-state index in [4.69, 9.17) is 0 Å². The summed E-state index contributed by atoms with van der Waals surface area (Å²) in [6.45, 7) is 6.64. The largest absolute Gasteiger partial charge is 0.353 e. The van der Waals surface area contributed by atoms with E-state index in [9.17, 15) is 9.59 Å². The number of amides is 2. The zero-order valence-electron chi connectivity index (χ0n) is 17.7. The molecule has 0 aliphatic carbocycles. The third-order valence-corrected chi connectivity index (χ3v) is 6.27. The van der Waals surface area contributed by atoms with Crippen molar-refractivity contribution in [3.8, 4) is 0 Å². The van der Waals surface area contributed by atoms with Crippen LogP contribution >= 0.6 is 0 Å². The lowest BCUT2D eigenvalue weighted by atomic mass is 9.92. The first-order valence-electron chi connectivity index (χ1n) is 10.9. The van der Waals surface area contributed by atoms with E-state index in [1.165, 1.54) is 0 Å². The maximum atomic E-state index is 12.8. The quantitative estimate of drug-likeness (QED) is 0.783. The van der Waals surface area contributed by atoms with Crippen molar-refractivity contribution in [3.05, 3.63) is 59.8 Å². The van der Waals surface area contributed by atoms with Gasteiger partial charge in [0, 0.05) is 57.4 Å². The molecule has 2 fully saturated rings. The van der Waals surface area contributed by atoms with E-state index in [1.807, 2.05) is 65.4 Å². The molecule has 0 spiro atoms. The minimum atomic E-state index is 0.102. The topological polar surface area (TPSA) is 56.8 Å². The number of aromatic nitrogens is 1. The Labute approximate surface area is 178 Å². The summed E-state index contributed by atoms with van der Waals surface area (Å²) in [5, 5.41) is 0. The summed E-state index contributed by atoms with van der Waals surface area (Å²) in [6, 6.07) is 13.7. The van der Waals surface area contributed by atoms with Crippen LogP contribution < -0.4 is 4.90 Å². The molecule has 0 radical (unpaired) electrons. The summed E-state index contributed by atoms with van der Waals surface area (Å²) >= 11 is 0. The number of rotatable bonds is 4. The molecule has 3 heterocycles. The number of nitrogens with zero attached hydrogens (tertiary/aromatic N) is 4. The van der Waals surface area contributed by atoms with E-state index in [0.717, 1.165) is 69.1 Å². The summed E-state index contributed by atoms with van der Waals surface area (Å²) in [5.74, 6) is 1.70. The SMILES string of the molecule is Cc1ccc(C(=O)N2CCC(CC(=O)N3CCN(c4ccccn4)CC3)CC2)cc1. The number of pyridine rings is 1. The molecule has 2 aliphatic heterocycles. The standard InChI is InChI=1S/C24H30N4O2/c1-19-5-7-21(8-6-19)24(30)28-12-9-20(10-13-28)18-23(29)27-16-14-26(15-17-27)22-4-2-3-11-25-22/h2-8,11,20H,9-10,12-18H2,1H3. The summed E-state index contributed by atoms with van der Waals surface area (Å²) in [7, 11) is 0. The number of hydrogen-bond acceptors (Lipinski definition) is 4. The predicted molar refractivity (Wildman–Crippen MR) is 117 cm³/mol.